The number of hydrogen-bond acceptors (Lipinski definition) is 1. The minimum atomic E-state index is -0.0401. The number of rotatable bonds is 2. The molecule has 19 heavy (non-hydrogen) atoms. The maximum atomic E-state index is 6.40. The molecule has 106 valence electrons. The van der Waals surface area contributed by atoms with Gasteiger partial charge in [0.25, 0.3) is 0 Å². The van der Waals surface area contributed by atoms with Crippen LogP contribution in [0.1, 0.15) is 45.6 Å². The van der Waals surface area contributed by atoms with Crippen molar-refractivity contribution in [2.45, 2.75) is 51.5 Å². The van der Waals surface area contributed by atoms with Crippen LogP contribution in [0.3, 0.4) is 0 Å². The van der Waals surface area contributed by atoms with Crippen molar-refractivity contribution in [3.63, 3.8) is 0 Å². The van der Waals surface area contributed by atoms with Crippen LogP contribution in [0.15, 0.2) is 18.2 Å². The second-order valence-corrected chi connectivity index (χ2v) is 7.38. The third-order valence-corrected chi connectivity index (χ3v) is 5.28. The van der Waals surface area contributed by atoms with E-state index in [9.17, 15) is 0 Å². The van der Waals surface area contributed by atoms with Gasteiger partial charge in [0.2, 0.25) is 0 Å². The number of benzene rings is 1. The molecule has 1 aromatic rings. The van der Waals surface area contributed by atoms with Crippen molar-refractivity contribution >= 4 is 23.2 Å². The minimum absolute atomic E-state index is 0.0401. The zero-order valence-corrected chi connectivity index (χ0v) is 13.4. The molecule has 2 rings (SSSR count). The zero-order valence-electron chi connectivity index (χ0n) is 11.9. The summed E-state index contributed by atoms with van der Waals surface area (Å²) in [4.78, 5) is 0. The summed E-state index contributed by atoms with van der Waals surface area (Å²) in [5.74, 6) is 1.19. The second kappa shape index (κ2) is 5.63. The summed E-state index contributed by atoms with van der Waals surface area (Å²) in [5.41, 5.74) is 7.49. The highest BCUT2D eigenvalue weighted by molar-refractivity contribution is 6.33. The summed E-state index contributed by atoms with van der Waals surface area (Å²) in [6.07, 6.45) is 3.52. The van der Waals surface area contributed by atoms with E-state index in [1.807, 2.05) is 18.2 Å². The molecule has 0 saturated heterocycles. The van der Waals surface area contributed by atoms with E-state index in [1.165, 1.54) is 6.42 Å². The molecule has 3 atom stereocenters. The molecule has 0 heterocycles. The van der Waals surface area contributed by atoms with E-state index >= 15 is 0 Å². The topological polar surface area (TPSA) is 26.0 Å². The number of nitrogens with two attached hydrogens (primary N) is 1. The van der Waals surface area contributed by atoms with Crippen molar-refractivity contribution in [3.8, 4) is 0 Å². The predicted molar refractivity (Wildman–Crippen MR) is 84.0 cm³/mol. The van der Waals surface area contributed by atoms with Crippen LogP contribution in [0.4, 0.5) is 0 Å². The van der Waals surface area contributed by atoms with Crippen LogP contribution in [0, 0.1) is 11.8 Å². The molecule has 1 nitrogen and oxygen atoms in total. The van der Waals surface area contributed by atoms with Crippen LogP contribution in [0.5, 0.6) is 0 Å². The van der Waals surface area contributed by atoms with E-state index in [0.717, 1.165) is 34.4 Å². The number of hydrogen-bond donors (Lipinski definition) is 1. The Labute approximate surface area is 126 Å². The van der Waals surface area contributed by atoms with Gasteiger partial charge in [-0.05, 0) is 53.9 Å². The molecule has 0 radical (unpaired) electrons. The highest BCUT2D eigenvalue weighted by Crippen LogP contribution is 2.44. The van der Waals surface area contributed by atoms with Crippen molar-refractivity contribution in [2.24, 2.45) is 17.6 Å². The Bertz CT molecular complexity index is 456. The Balaban J connectivity index is 2.33. The normalized spacial score (nSPS) is 28.4. The molecular formula is C16H23Cl2N. The molecule has 2 N–H and O–H groups in total. The molecule has 1 aliphatic rings. The molecule has 0 amide bonds. The van der Waals surface area contributed by atoms with Crippen LogP contribution in [0.25, 0.3) is 0 Å². The summed E-state index contributed by atoms with van der Waals surface area (Å²) in [6, 6.07) is 5.97. The lowest BCUT2D eigenvalue weighted by Crippen LogP contribution is -2.45. The standard InChI is InChI=1S/C16H23Cl2N/c1-10-4-6-12(15(19)8-10)16(2,3)13-9-11(17)5-7-14(13)18/h5,7,9-10,12,15H,4,6,8,19H2,1-3H3. The second-order valence-electron chi connectivity index (χ2n) is 6.53. The number of halogens is 2. The van der Waals surface area contributed by atoms with Gasteiger partial charge in [0.1, 0.15) is 0 Å². The molecule has 0 bridgehead atoms. The smallest absolute Gasteiger partial charge is 0.0444 e. The van der Waals surface area contributed by atoms with Crippen molar-refractivity contribution in [2.75, 3.05) is 0 Å². The Morgan fingerprint density at radius 3 is 2.53 bits per heavy atom. The van der Waals surface area contributed by atoms with Gasteiger partial charge in [-0.25, -0.2) is 0 Å². The molecule has 3 unspecified atom stereocenters. The third-order valence-electron chi connectivity index (χ3n) is 4.71. The summed E-state index contributed by atoms with van der Waals surface area (Å²) >= 11 is 12.5. The quantitative estimate of drug-likeness (QED) is 0.814. The van der Waals surface area contributed by atoms with Gasteiger partial charge in [-0.15, -0.1) is 0 Å². The Kier molecular flexibility index (Phi) is 4.49. The monoisotopic (exact) mass is 299 g/mol. The molecule has 1 aromatic carbocycles. The fourth-order valence-corrected chi connectivity index (χ4v) is 4.05. The van der Waals surface area contributed by atoms with E-state index in [-0.39, 0.29) is 11.5 Å². The van der Waals surface area contributed by atoms with Crippen molar-refractivity contribution in [1.82, 2.24) is 0 Å². The van der Waals surface area contributed by atoms with Gasteiger partial charge in [0, 0.05) is 16.1 Å². The van der Waals surface area contributed by atoms with Crippen molar-refractivity contribution in [1.29, 1.82) is 0 Å². The summed E-state index contributed by atoms with van der Waals surface area (Å²) in [7, 11) is 0. The van der Waals surface area contributed by atoms with E-state index in [2.05, 4.69) is 20.8 Å². The average molecular weight is 300 g/mol. The predicted octanol–water partition coefficient (Wildman–Crippen LogP) is 5.03. The highest BCUT2D eigenvalue weighted by Gasteiger charge is 2.39. The van der Waals surface area contributed by atoms with E-state index in [0.29, 0.717) is 5.92 Å². The lowest BCUT2D eigenvalue weighted by atomic mass is 9.64. The largest absolute Gasteiger partial charge is 0.327 e. The van der Waals surface area contributed by atoms with Gasteiger partial charge in [-0.2, -0.15) is 0 Å². The van der Waals surface area contributed by atoms with E-state index in [1.54, 1.807) is 0 Å². The van der Waals surface area contributed by atoms with Gasteiger partial charge in [0.15, 0.2) is 0 Å². The van der Waals surface area contributed by atoms with E-state index < -0.39 is 0 Å². The first-order valence-corrected chi connectivity index (χ1v) is 7.79. The first-order valence-electron chi connectivity index (χ1n) is 7.03. The maximum absolute atomic E-state index is 6.40. The first-order chi connectivity index (χ1) is 8.82. The van der Waals surface area contributed by atoms with Crippen LogP contribution in [0.2, 0.25) is 10.0 Å². The highest BCUT2D eigenvalue weighted by atomic mass is 35.5. The molecule has 0 aliphatic heterocycles. The van der Waals surface area contributed by atoms with Crippen LogP contribution < -0.4 is 5.73 Å². The summed E-state index contributed by atoms with van der Waals surface area (Å²) in [6.45, 7) is 6.77. The zero-order chi connectivity index (χ0) is 14.2. The minimum Gasteiger partial charge on any atom is -0.327 e. The lowest BCUT2D eigenvalue weighted by molar-refractivity contribution is 0.171. The van der Waals surface area contributed by atoms with Crippen LogP contribution in [-0.2, 0) is 5.41 Å². The van der Waals surface area contributed by atoms with E-state index in [4.69, 9.17) is 28.9 Å². The van der Waals surface area contributed by atoms with Crippen LogP contribution >= 0.6 is 23.2 Å². The van der Waals surface area contributed by atoms with Gasteiger partial charge in [-0.3, -0.25) is 0 Å². The molecule has 0 spiro atoms. The molecular weight excluding hydrogens is 277 g/mol. The molecule has 0 aromatic heterocycles. The molecule has 1 fully saturated rings. The fraction of sp³-hybridized carbons (Fsp3) is 0.625. The Morgan fingerprint density at radius 1 is 1.21 bits per heavy atom. The first kappa shape index (κ1) is 15.2. The molecule has 1 saturated carbocycles. The Morgan fingerprint density at radius 2 is 1.89 bits per heavy atom. The van der Waals surface area contributed by atoms with Gasteiger partial charge < -0.3 is 5.73 Å². The van der Waals surface area contributed by atoms with Crippen LogP contribution in [-0.4, -0.2) is 6.04 Å². The van der Waals surface area contributed by atoms with Gasteiger partial charge in [0.05, 0.1) is 0 Å². The summed E-state index contributed by atoms with van der Waals surface area (Å²) < 4.78 is 0. The Hall–Kier alpha value is -0.240. The molecule has 1 aliphatic carbocycles. The summed E-state index contributed by atoms with van der Waals surface area (Å²) in [5, 5.41) is 1.53. The maximum Gasteiger partial charge on any atom is 0.0444 e. The van der Waals surface area contributed by atoms with Crippen molar-refractivity contribution in [3.05, 3.63) is 33.8 Å². The van der Waals surface area contributed by atoms with Crippen molar-refractivity contribution < 1.29 is 0 Å². The third kappa shape index (κ3) is 3.09. The van der Waals surface area contributed by atoms with Gasteiger partial charge in [-0.1, -0.05) is 50.4 Å². The van der Waals surface area contributed by atoms with Gasteiger partial charge >= 0.3 is 0 Å². The lowest BCUT2D eigenvalue weighted by Gasteiger charge is -2.43. The average Bonchev–Trinajstić information content (AvgIpc) is 2.31. The fourth-order valence-electron chi connectivity index (χ4n) is 3.51. The molecule has 3 heteroatoms. The SMILES string of the molecule is CC1CCC(C(C)(C)c2cc(Cl)ccc2Cl)C(N)C1.